The van der Waals surface area contributed by atoms with Crippen molar-refractivity contribution in [2.24, 2.45) is 0 Å². The minimum absolute atomic E-state index is 0.0145. The van der Waals surface area contributed by atoms with Crippen LogP contribution in [0.1, 0.15) is 0 Å². The van der Waals surface area contributed by atoms with Crippen LogP contribution in [0.3, 0.4) is 0 Å². The lowest BCUT2D eigenvalue weighted by atomic mass is 10.2. The predicted molar refractivity (Wildman–Crippen MR) is 127 cm³/mol. The zero-order valence-corrected chi connectivity index (χ0v) is 18.6. The first kappa shape index (κ1) is 21.8. The number of para-hydroxylation sites is 1. The monoisotopic (exact) mass is 451 g/mol. The van der Waals surface area contributed by atoms with E-state index in [0.717, 1.165) is 18.8 Å². The summed E-state index contributed by atoms with van der Waals surface area (Å²) in [4.78, 5) is 33.0. The van der Waals surface area contributed by atoms with E-state index in [4.69, 9.17) is 10.5 Å². The van der Waals surface area contributed by atoms with Crippen LogP contribution in [0, 0.1) is 0 Å². The number of nitrogens with zero attached hydrogens (tertiary/aromatic N) is 4. The van der Waals surface area contributed by atoms with E-state index in [-0.39, 0.29) is 17.5 Å². The number of nitrogen functional groups attached to an aromatic ring is 1. The molecule has 1 saturated heterocycles. The van der Waals surface area contributed by atoms with Gasteiger partial charge in [-0.3, -0.25) is 14.2 Å². The number of carbonyl (C=O) groups excluding carboxylic acids is 1. The van der Waals surface area contributed by atoms with Gasteiger partial charge in [0.05, 0.1) is 12.9 Å². The molecule has 0 radical (unpaired) electrons. The van der Waals surface area contributed by atoms with Gasteiger partial charge in [0.25, 0.3) is 5.56 Å². The quantitative estimate of drug-likeness (QED) is 0.454. The van der Waals surface area contributed by atoms with Crippen molar-refractivity contribution in [2.75, 3.05) is 49.7 Å². The van der Waals surface area contributed by atoms with E-state index in [1.54, 1.807) is 23.8 Å². The first-order chi connectivity index (χ1) is 15.5. The molecule has 0 aliphatic carbocycles. The van der Waals surface area contributed by atoms with Crippen LogP contribution in [0.4, 0.5) is 11.5 Å². The van der Waals surface area contributed by atoms with Gasteiger partial charge in [0, 0.05) is 43.6 Å². The van der Waals surface area contributed by atoms with Crippen molar-refractivity contribution in [2.45, 2.75) is 5.16 Å². The van der Waals surface area contributed by atoms with Crippen LogP contribution in [0.2, 0.25) is 0 Å². The number of amides is 1. The number of hydrogen-bond acceptors (Lipinski definition) is 7. The lowest BCUT2D eigenvalue weighted by molar-refractivity contribution is -0.128. The Labute approximate surface area is 190 Å². The summed E-state index contributed by atoms with van der Waals surface area (Å²) in [5.41, 5.74) is 7.60. The smallest absolute Gasteiger partial charge is 0.275 e. The highest BCUT2D eigenvalue weighted by molar-refractivity contribution is 7.99. The van der Waals surface area contributed by atoms with Crippen LogP contribution in [0.25, 0.3) is 5.69 Å². The summed E-state index contributed by atoms with van der Waals surface area (Å²) >= 11 is 1.21. The standard InChI is InChI=1S/C23H25N5O3S/c1-31-19-9-7-18(8-10-19)28-20(24)15-21(29)25-23(28)32-16-22(30)27-13-11-26(12-14-27)17-5-3-2-4-6-17/h2-10,15H,11-14,16,24H2,1H3. The Morgan fingerprint density at radius 2 is 1.72 bits per heavy atom. The maximum Gasteiger partial charge on any atom is 0.275 e. The first-order valence-corrected chi connectivity index (χ1v) is 11.3. The molecule has 1 amide bonds. The van der Waals surface area contributed by atoms with Gasteiger partial charge in [-0.1, -0.05) is 30.0 Å². The van der Waals surface area contributed by atoms with Crippen LogP contribution >= 0.6 is 11.8 Å². The minimum atomic E-state index is -0.432. The van der Waals surface area contributed by atoms with Crippen LogP contribution in [-0.2, 0) is 4.79 Å². The Kier molecular flexibility index (Phi) is 6.65. The summed E-state index contributed by atoms with van der Waals surface area (Å²) in [6.07, 6.45) is 0. The minimum Gasteiger partial charge on any atom is -0.497 e. The highest BCUT2D eigenvalue weighted by atomic mass is 32.2. The number of hydrogen-bond donors (Lipinski definition) is 1. The summed E-state index contributed by atoms with van der Waals surface area (Å²) in [7, 11) is 1.59. The third-order valence-electron chi connectivity index (χ3n) is 5.34. The molecule has 1 aromatic heterocycles. The van der Waals surface area contributed by atoms with E-state index in [9.17, 15) is 9.59 Å². The number of carbonyl (C=O) groups is 1. The number of thioether (sulfide) groups is 1. The molecule has 9 heteroatoms. The first-order valence-electron chi connectivity index (χ1n) is 10.3. The molecule has 166 valence electrons. The van der Waals surface area contributed by atoms with E-state index >= 15 is 0 Å². The number of methoxy groups -OCH3 is 1. The average molecular weight is 452 g/mol. The molecule has 2 heterocycles. The molecule has 1 aliphatic rings. The molecule has 2 N–H and O–H groups in total. The van der Waals surface area contributed by atoms with Gasteiger partial charge in [-0.2, -0.15) is 4.98 Å². The van der Waals surface area contributed by atoms with Gasteiger partial charge in [0.1, 0.15) is 11.6 Å². The van der Waals surface area contributed by atoms with Gasteiger partial charge in [-0.15, -0.1) is 0 Å². The molecule has 4 rings (SSSR count). The maximum absolute atomic E-state index is 12.8. The Hall–Kier alpha value is -3.46. The number of anilines is 2. The second-order valence-corrected chi connectivity index (χ2v) is 8.27. The second-order valence-electron chi connectivity index (χ2n) is 7.33. The average Bonchev–Trinajstić information content (AvgIpc) is 2.83. The molecule has 8 nitrogen and oxygen atoms in total. The lowest BCUT2D eigenvalue weighted by Crippen LogP contribution is -2.49. The highest BCUT2D eigenvalue weighted by Gasteiger charge is 2.22. The SMILES string of the molecule is COc1ccc(-n2c(N)cc(=O)nc2SCC(=O)N2CCN(c3ccccc3)CC2)cc1. The third kappa shape index (κ3) is 4.88. The zero-order valence-electron chi connectivity index (χ0n) is 17.8. The maximum atomic E-state index is 12.8. The fraction of sp³-hybridized carbons (Fsp3) is 0.261. The van der Waals surface area contributed by atoms with E-state index in [1.807, 2.05) is 35.2 Å². The molecule has 2 aromatic carbocycles. The highest BCUT2D eigenvalue weighted by Crippen LogP contribution is 2.24. The summed E-state index contributed by atoms with van der Waals surface area (Å²) < 4.78 is 6.87. The largest absolute Gasteiger partial charge is 0.497 e. The molecule has 32 heavy (non-hydrogen) atoms. The summed E-state index contributed by atoms with van der Waals surface area (Å²) in [6.45, 7) is 2.88. The summed E-state index contributed by atoms with van der Waals surface area (Å²) in [5.74, 6) is 1.17. The lowest BCUT2D eigenvalue weighted by Gasteiger charge is -2.36. The predicted octanol–water partition coefficient (Wildman–Crippen LogP) is 2.26. The van der Waals surface area contributed by atoms with E-state index in [0.29, 0.717) is 24.0 Å². The molecule has 0 bridgehead atoms. The van der Waals surface area contributed by atoms with Crippen molar-refractivity contribution >= 4 is 29.2 Å². The number of benzene rings is 2. The number of aromatic nitrogens is 2. The fourth-order valence-corrected chi connectivity index (χ4v) is 4.57. The Balaban J connectivity index is 1.43. The normalized spacial score (nSPS) is 13.8. The van der Waals surface area contributed by atoms with Crippen molar-refractivity contribution in [1.82, 2.24) is 14.5 Å². The Bertz CT molecular complexity index is 1130. The number of piperazine rings is 1. The van der Waals surface area contributed by atoms with Crippen molar-refractivity contribution < 1.29 is 9.53 Å². The van der Waals surface area contributed by atoms with Crippen molar-refractivity contribution in [1.29, 1.82) is 0 Å². The number of rotatable bonds is 6. The van der Waals surface area contributed by atoms with Crippen molar-refractivity contribution in [3.05, 3.63) is 71.0 Å². The number of ether oxygens (including phenoxy) is 1. The topological polar surface area (TPSA) is 93.7 Å². The van der Waals surface area contributed by atoms with Crippen LogP contribution in [0.5, 0.6) is 5.75 Å². The van der Waals surface area contributed by atoms with E-state index in [1.165, 1.54) is 23.5 Å². The fourth-order valence-electron chi connectivity index (χ4n) is 3.64. The Morgan fingerprint density at radius 1 is 1.03 bits per heavy atom. The van der Waals surface area contributed by atoms with Gasteiger partial charge in [-0.05, 0) is 36.4 Å². The van der Waals surface area contributed by atoms with Gasteiger partial charge in [0.2, 0.25) is 5.91 Å². The van der Waals surface area contributed by atoms with Gasteiger partial charge >= 0.3 is 0 Å². The Morgan fingerprint density at radius 3 is 2.38 bits per heavy atom. The van der Waals surface area contributed by atoms with Gasteiger partial charge < -0.3 is 20.3 Å². The number of nitrogens with two attached hydrogens (primary N) is 1. The van der Waals surface area contributed by atoms with E-state index < -0.39 is 5.56 Å². The van der Waals surface area contributed by atoms with Gasteiger partial charge in [0.15, 0.2) is 5.16 Å². The molecular weight excluding hydrogens is 426 g/mol. The van der Waals surface area contributed by atoms with Crippen molar-refractivity contribution in [3.63, 3.8) is 0 Å². The van der Waals surface area contributed by atoms with Crippen LogP contribution in [-0.4, -0.2) is 59.4 Å². The third-order valence-corrected chi connectivity index (χ3v) is 6.26. The van der Waals surface area contributed by atoms with Crippen LogP contribution < -0.4 is 20.9 Å². The summed E-state index contributed by atoms with van der Waals surface area (Å²) in [5, 5.41) is 0.386. The van der Waals surface area contributed by atoms with Crippen molar-refractivity contribution in [3.8, 4) is 11.4 Å². The molecule has 0 atom stereocenters. The molecule has 0 saturated carbocycles. The van der Waals surface area contributed by atoms with E-state index in [2.05, 4.69) is 22.0 Å². The molecule has 3 aromatic rings. The van der Waals surface area contributed by atoms with Gasteiger partial charge in [-0.25, -0.2) is 0 Å². The summed E-state index contributed by atoms with van der Waals surface area (Å²) in [6, 6.07) is 18.7. The molecular formula is C23H25N5O3S. The van der Waals surface area contributed by atoms with Crippen LogP contribution in [0.15, 0.2) is 70.6 Å². The second kappa shape index (κ2) is 9.78. The molecule has 0 unspecified atom stereocenters. The molecule has 1 aliphatic heterocycles. The molecule has 1 fully saturated rings. The molecule has 0 spiro atoms. The zero-order chi connectivity index (χ0) is 22.5.